The van der Waals surface area contributed by atoms with Crippen molar-refractivity contribution in [1.82, 2.24) is 14.3 Å². The first-order valence-electron chi connectivity index (χ1n) is 9.16. The molecule has 0 N–H and O–H groups in total. The summed E-state index contributed by atoms with van der Waals surface area (Å²) in [4.78, 5) is 19.4. The van der Waals surface area contributed by atoms with Gasteiger partial charge >= 0.3 is 0 Å². The second-order valence-corrected chi connectivity index (χ2v) is 7.23. The van der Waals surface area contributed by atoms with E-state index in [-0.39, 0.29) is 11.2 Å². The molecular weight excluding hydrogens is 326 g/mol. The number of ether oxygens (including phenoxy) is 1. The summed E-state index contributed by atoms with van der Waals surface area (Å²) in [6.07, 6.45) is 3.85. The van der Waals surface area contributed by atoms with E-state index in [0.29, 0.717) is 18.8 Å². The van der Waals surface area contributed by atoms with Gasteiger partial charge in [-0.15, -0.1) is 0 Å². The maximum absolute atomic E-state index is 12.3. The zero-order chi connectivity index (χ0) is 17.6. The number of fused-ring (bicyclic) bond motifs is 3. The zero-order valence-electron chi connectivity index (χ0n) is 14.6. The van der Waals surface area contributed by atoms with Gasteiger partial charge in [-0.2, -0.15) is 0 Å². The Hall–Kier alpha value is -2.50. The molecule has 5 nitrogen and oxygen atoms in total. The highest BCUT2D eigenvalue weighted by Crippen LogP contribution is 2.42. The van der Waals surface area contributed by atoms with Gasteiger partial charge in [-0.05, 0) is 36.1 Å². The number of morpholine rings is 1. The molecule has 0 amide bonds. The Labute approximate surface area is 151 Å². The SMILES string of the molecule is O=c1cc(CN2CCOC3(CCc4ccccc43)C2)nc2ccccn12. The van der Waals surface area contributed by atoms with Gasteiger partial charge in [0.25, 0.3) is 5.56 Å². The molecule has 2 aliphatic rings. The van der Waals surface area contributed by atoms with E-state index in [2.05, 4.69) is 34.1 Å². The molecule has 1 saturated heterocycles. The Morgan fingerprint density at radius 1 is 1.15 bits per heavy atom. The van der Waals surface area contributed by atoms with Gasteiger partial charge in [-0.3, -0.25) is 14.1 Å². The lowest BCUT2D eigenvalue weighted by molar-refractivity contribution is -0.116. The zero-order valence-corrected chi connectivity index (χ0v) is 14.6. The van der Waals surface area contributed by atoms with Gasteiger partial charge in [0, 0.05) is 31.9 Å². The van der Waals surface area contributed by atoms with Crippen LogP contribution in [-0.2, 0) is 23.3 Å². The van der Waals surface area contributed by atoms with Gasteiger partial charge in [0.2, 0.25) is 0 Å². The molecule has 1 aliphatic heterocycles. The fraction of sp³-hybridized carbons (Fsp3) is 0.333. The summed E-state index contributed by atoms with van der Waals surface area (Å²) >= 11 is 0. The highest BCUT2D eigenvalue weighted by atomic mass is 16.5. The third-order valence-corrected chi connectivity index (χ3v) is 5.58. The lowest BCUT2D eigenvalue weighted by Gasteiger charge is -2.41. The molecule has 1 unspecified atom stereocenters. The molecule has 5 heteroatoms. The van der Waals surface area contributed by atoms with Crippen LogP contribution in [0.1, 0.15) is 23.2 Å². The minimum absolute atomic E-state index is 0.0280. The maximum Gasteiger partial charge on any atom is 0.258 e. The molecule has 1 spiro atoms. The minimum Gasteiger partial charge on any atom is -0.368 e. The highest BCUT2D eigenvalue weighted by molar-refractivity contribution is 5.39. The quantitative estimate of drug-likeness (QED) is 0.714. The molecule has 1 aromatic carbocycles. The summed E-state index contributed by atoms with van der Waals surface area (Å²) in [7, 11) is 0. The first-order chi connectivity index (χ1) is 12.7. The van der Waals surface area contributed by atoms with E-state index in [4.69, 9.17) is 4.74 Å². The third kappa shape index (κ3) is 2.55. The Balaban J connectivity index is 1.43. The second-order valence-electron chi connectivity index (χ2n) is 7.23. The Kier molecular flexibility index (Phi) is 3.65. The predicted molar refractivity (Wildman–Crippen MR) is 99.1 cm³/mol. The molecule has 1 aliphatic carbocycles. The fourth-order valence-electron chi connectivity index (χ4n) is 4.37. The molecule has 132 valence electrons. The van der Waals surface area contributed by atoms with E-state index in [1.165, 1.54) is 11.1 Å². The number of pyridine rings is 1. The number of nitrogens with zero attached hydrogens (tertiary/aromatic N) is 3. The van der Waals surface area contributed by atoms with Crippen LogP contribution in [0.25, 0.3) is 5.65 Å². The van der Waals surface area contributed by atoms with Crippen molar-refractivity contribution in [2.75, 3.05) is 19.7 Å². The summed E-state index contributed by atoms with van der Waals surface area (Å²) < 4.78 is 7.87. The second kappa shape index (κ2) is 6.04. The largest absolute Gasteiger partial charge is 0.368 e. The van der Waals surface area contributed by atoms with Crippen LogP contribution in [-0.4, -0.2) is 34.0 Å². The maximum atomic E-state index is 12.3. The van der Waals surface area contributed by atoms with Crippen molar-refractivity contribution < 1.29 is 4.74 Å². The molecule has 26 heavy (non-hydrogen) atoms. The van der Waals surface area contributed by atoms with Gasteiger partial charge in [-0.25, -0.2) is 4.98 Å². The van der Waals surface area contributed by atoms with Gasteiger partial charge in [-0.1, -0.05) is 30.3 Å². The summed E-state index contributed by atoms with van der Waals surface area (Å²) in [5, 5.41) is 0. The molecule has 0 saturated carbocycles. The lowest BCUT2D eigenvalue weighted by atomic mass is 9.93. The summed E-state index contributed by atoms with van der Waals surface area (Å²) in [6, 6.07) is 15.9. The monoisotopic (exact) mass is 347 g/mol. The topological polar surface area (TPSA) is 46.8 Å². The first kappa shape index (κ1) is 15.7. The number of hydrogen-bond donors (Lipinski definition) is 0. The molecule has 2 aromatic heterocycles. The molecule has 5 rings (SSSR count). The van der Waals surface area contributed by atoms with Crippen LogP contribution in [0, 0.1) is 0 Å². The van der Waals surface area contributed by atoms with Crippen molar-refractivity contribution in [3.63, 3.8) is 0 Å². The third-order valence-electron chi connectivity index (χ3n) is 5.58. The van der Waals surface area contributed by atoms with Crippen molar-refractivity contribution in [2.24, 2.45) is 0 Å². The fourth-order valence-corrected chi connectivity index (χ4v) is 4.37. The minimum atomic E-state index is -0.208. The standard InChI is InChI=1S/C21H21N3O2/c25-20-13-17(22-19-7-3-4-10-24(19)20)14-23-11-12-26-21(15-23)9-8-16-5-1-2-6-18(16)21/h1-7,10,13H,8-9,11-12,14-15H2. The molecule has 3 aromatic rings. The van der Waals surface area contributed by atoms with Gasteiger partial charge in [0.1, 0.15) is 11.2 Å². The molecule has 0 bridgehead atoms. The van der Waals surface area contributed by atoms with Crippen LogP contribution in [0.15, 0.2) is 59.5 Å². The molecular formula is C21H21N3O2. The van der Waals surface area contributed by atoms with Gasteiger partial charge < -0.3 is 4.74 Å². The van der Waals surface area contributed by atoms with E-state index in [9.17, 15) is 4.79 Å². The van der Waals surface area contributed by atoms with Crippen LogP contribution in [0.4, 0.5) is 0 Å². The van der Waals surface area contributed by atoms with Crippen LogP contribution in [0.3, 0.4) is 0 Å². The number of aryl methyl sites for hydroxylation is 1. The van der Waals surface area contributed by atoms with Gasteiger partial charge in [0.05, 0.1) is 12.3 Å². The first-order valence-corrected chi connectivity index (χ1v) is 9.16. The van der Waals surface area contributed by atoms with E-state index >= 15 is 0 Å². The van der Waals surface area contributed by atoms with E-state index in [1.807, 2.05) is 18.2 Å². The number of benzene rings is 1. The average Bonchev–Trinajstić information content (AvgIpc) is 3.00. The smallest absolute Gasteiger partial charge is 0.258 e. The van der Waals surface area contributed by atoms with E-state index in [1.54, 1.807) is 16.7 Å². The van der Waals surface area contributed by atoms with Crippen molar-refractivity contribution in [1.29, 1.82) is 0 Å². The normalized spacial score (nSPS) is 22.8. The van der Waals surface area contributed by atoms with Crippen molar-refractivity contribution in [3.05, 3.63) is 81.9 Å². The van der Waals surface area contributed by atoms with E-state index in [0.717, 1.165) is 31.6 Å². The van der Waals surface area contributed by atoms with Gasteiger partial charge in [0.15, 0.2) is 0 Å². The van der Waals surface area contributed by atoms with Crippen LogP contribution in [0.2, 0.25) is 0 Å². The van der Waals surface area contributed by atoms with E-state index < -0.39 is 0 Å². The molecule has 0 radical (unpaired) electrons. The predicted octanol–water partition coefficient (Wildman–Crippen LogP) is 2.37. The Morgan fingerprint density at radius 2 is 2.04 bits per heavy atom. The summed E-state index contributed by atoms with van der Waals surface area (Å²) in [5.74, 6) is 0. The Bertz CT molecular complexity index is 1020. The Morgan fingerprint density at radius 3 is 3.00 bits per heavy atom. The number of hydrogen-bond acceptors (Lipinski definition) is 4. The van der Waals surface area contributed by atoms with Crippen LogP contribution < -0.4 is 5.56 Å². The highest BCUT2D eigenvalue weighted by Gasteiger charge is 2.43. The van der Waals surface area contributed by atoms with Crippen molar-refractivity contribution in [3.8, 4) is 0 Å². The summed E-state index contributed by atoms with van der Waals surface area (Å²) in [6.45, 7) is 3.09. The van der Waals surface area contributed by atoms with Crippen LogP contribution in [0.5, 0.6) is 0 Å². The van der Waals surface area contributed by atoms with Crippen molar-refractivity contribution >= 4 is 5.65 Å². The lowest BCUT2D eigenvalue weighted by Crippen LogP contribution is -2.48. The van der Waals surface area contributed by atoms with Crippen molar-refractivity contribution in [2.45, 2.75) is 25.0 Å². The molecule has 1 fully saturated rings. The number of aromatic nitrogens is 2. The molecule has 1 atom stereocenters. The average molecular weight is 347 g/mol. The summed E-state index contributed by atoms with van der Waals surface area (Å²) in [5.41, 5.74) is 4.02. The number of rotatable bonds is 2. The van der Waals surface area contributed by atoms with Crippen LogP contribution >= 0.6 is 0 Å². The molecule has 3 heterocycles.